The summed E-state index contributed by atoms with van der Waals surface area (Å²) >= 11 is 5.56. The second kappa shape index (κ2) is 7.17. The van der Waals surface area contributed by atoms with E-state index in [0.717, 1.165) is 30.1 Å². The lowest BCUT2D eigenvalue weighted by atomic mass is 10.1. The molecule has 3 heterocycles. The molecule has 6 nitrogen and oxygen atoms in total. The normalized spacial score (nSPS) is 11.7. The molecule has 140 valence electrons. The van der Waals surface area contributed by atoms with Crippen molar-refractivity contribution in [3.8, 4) is 11.6 Å². The molecule has 27 heavy (non-hydrogen) atoms. The predicted molar refractivity (Wildman–Crippen MR) is 107 cm³/mol. The van der Waals surface area contributed by atoms with Gasteiger partial charge >= 0.3 is 0 Å². The van der Waals surface area contributed by atoms with Gasteiger partial charge < -0.3 is 13.4 Å². The van der Waals surface area contributed by atoms with E-state index in [2.05, 4.69) is 30.0 Å². The maximum absolute atomic E-state index is 6.01. The number of nitrogens with zero attached hydrogens (tertiary/aromatic N) is 4. The molecular formula is C20H22N4O2S. The molecule has 3 aromatic heterocycles. The second-order valence-corrected chi connectivity index (χ2v) is 7.02. The van der Waals surface area contributed by atoms with Gasteiger partial charge in [0.05, 0.1) is 12.9 Å². The standard InChI is InChI=1S/C20H22N4O2S/c1-4-16-15(14-8-5-6-9-17(14)26-16)12-22(2)13-24-20(27)23(3)19(21-24)18-10-7-11-25-18/h5-11H,4,12-13H2,1-3H3. The highest BCUT2D eigenvalue weighted by molar-refractivity contribution is 7.71. The topological polar surface area (TPSA) is 52.3 Å². The lowest BCUT2D eigenvalue weighted by molar-refractivity contribution is 0.243. The molecular weight excluding hydrogens is 360 g/mol. The Hall–Kier alpha value is -2.64. The number of furan rings is 2. The van der Waals surface area contributed by atoms with Crippen LogP contribution in [0.15, 0.2) is 51.5 Å². The first-order valence-electron chi connectivity index (χ1n) is 8.94. The highest BCUT2D eigenvalue weighted by Crippen LogP contribution is 2.27. The minimum absolute atomic E-state index is 0.579. The Morgan fingerprint density at radius 1 is 1.19 bits per heavy atom. The quantitative estimate of drug-likeness (QED) is 0.456. The molecule has 7 heteroatoms. The summed E-state index contributed by atoms with van der Waals surface area (Å²) in [5, 5.41) is 5.81. The number of aromatic nitrogens is 3. The summed E-state index contributed by atoms with van der Waals surface area (Å²) in [6.45, 7) is 3.45. The molecule has 0 aliphatic carbocycles. The fraction of sp³-hybridized carbons (Fsp3) is 0.300. The van der Waals surface area contributed by atoms with Gasteiger partial charge in [-0.1, -0.05) is 25.1 Å². The van der Waals surface area contributed by atoms with Gasteiger partial charge in [0, 0.05) is 31.0 Å². The van der Waals surface area contributed by atoms with Crippen LogP contribution < -0.4 is 0 Å². The molecule has 0 bridgehead atoms. The predicted octanol–water partition coefficient (Wildman–Crippen LogP) is 4.61. The van der Waals surface area contributed by atoms with Crippen molar-refractivity contribution >= 4 is 23.2 Å². The van der Waals surface area contributed by atoms with Gasteiger partial charge in [-0.25, -0.2) is 4.68 Å². The lowest BCUT2D eigenvalue weighted by Gasteiger charge is -2.16. The van der Waals surface area contributed by atoms with Crippen LogP contribution in [-0.2, 0) is 26.7 Å². The highest BCUT2D eigenvalue weighted by Gasteiger charge is 2.17. The van der Waals surface area contributed by atoms with Crippen molar-refractivity contribution in [1.82, 2.24) is 19.2 Å². The van der Waals surface area contributed by atoms with Crippen LogP contribution in [0.3, 0.4) is 0 Å². The van der Waals surface area contributed by atoms with Crippen molar-refractivity contribution in [3.05, 3.63) is 58.8 Å². The van der Waals surface area contributed by atoms with E-state index in [9.17, 15) is 0 Å². The van der Waals surface area contributed by atoms with Gasteiger partial charge in [-0.2, -0.15) is 0 Å². The largest absolute Gasteiger partial charge is 0.461 e. The smallest absolute Gasteiger partial charge is 0.199 e. The van der Waals surface area contributed by atoms with Crippen LogP contribution in [0.4, 0.5) is 0 Å². The molecule has 0 radical (unpaired) electrons. The van der Waals surface area contributed by atoms with E-state index in [-0.39, 0.29) is 0 Å². The molecule has 0 amide bonds. The first-order valence-corrected chi connectivity index (χ1v) is 9.34. The van der Waals surface area contributed by atoms with Gasteiger partial charge in [0.1, 0.15) is 11.3 Å². The van der Waals surface area contributed by atoms with E-state index in [1.54, 1.807) is 6.26 Å². The molecule has 0 unspecified atom stereocenters. The van der Waals surface area contributed by atoms with Crippen molar-refractivity contribution in [3.63, 3.8) is 0 Å². The van der Waals surface area contributed by atoms with Crippen molar-refractivity contribution in [2.75, 3.05) is 7.05 Å². The van der Waals surface area contributed by atoms with E-state index in [4.69, 9.17) is 21.1 Å². The zero-order chi connectivity index (χ0) is 19.0. The number of aryl methyl sites for hydroxylation is 1. The summed E-state index contributed by atoms with van der Waals surface area (Å²) in [5.41, 5.74) is 2.16. The van der Waals surface area contributed by atoms with Gasteiger partial charge in [-0.05, 0) is 37.5 Å². The molecule has 0 spiro atoms. The summed E-state index contributed by atoms with van der Waals surface area (Å²) in [7, 11) is 3.96. The maximum atomic E-state index is 6.01. The Kier molecular flexibility index (Phi) is 4.72. The average Bonchev–Trinajstić information content (AvgIpc) is 3.37. The van der Waals surface area contributed by atoms with E-state index in [1.165, 1.54) is 10.9 Å². The summed E-state index contributed by atoms with van der Waals surface area (Å²) < 4.78 is 15.8. The first kappa shape index (κ1) is 17.8. The zero-order valence-electron chi connectivity index (χ0n) is 15.7. The molecule has 0 atom stereocenters. The van der Waals surface area contributed by atoms with Gasteiger partial charge in [0.2, 0.25) is 0 Å². The summed E-state index contributed by atoms with van der Waals surface area (Å²) in [6.07, 6.45) is 2.50. The van der Waals surface area contributed by atoms with E-state index in [0.29, 0.717) is 17.2 Å². The minimum Gasteiger partial charge on any atom is -0.461 e. The maximum Gasteiger partial charge on any atom is 0.199 e. The Bertz CT molecular complexity index is 1120. The van der Waals surface area contributed by atoms with E-state index < -0.39 is 0 Å². The third kappa shape index (κ3) is 3.24. The van der Waals surface area contributed by atoms with Crippen LogP contribution >= 0.6 is 12.2 Å². The van der Waals surface area contributed by atoms with Gasteiger partial charge in [-0.15, -0.1) is 5.10 Å². The van der Waals surface area contributed by atoms with Gasteiger partial charge in [0.25, 0.3) is 0 Å². The number of para-hydroxylation sites is 1. The number of fused-ring (bicyclic) bond motifs is 1. The minimum atomic E-state index is 0.579. The number of benzene rings is 1. The van der Waals surface area contributed by atoms with Crippen molar-refractivity contribution in [2.24, 2.45) is 7.05 Å². The third-order valence-corrected chi connectivity index (χ3v) is 5.17. The molecule has 0 saturated carbocycles. The SMILES string of the molecule is CCc1oc2ccccc2c1CN(C)Cn1nc(-c2ccco2)n(C)c1=S. The molecule has 0 aliphatic heterocycles. The van der Waals surface area contributed by atoms with Crippen molar-refractivity contribution in [2.45, 2.75) is 26.6 Å². The van der Waals surface area contributed by atoms with E-state index >= 15 is 0 Å². The van der Waals surface area contributed by atoms with Gasteiger partial charge in [0.15, 0.2) is 16.4 Å². The number of hydrogen-bond donors (Lipinski definition) is 0. The second-order valence-electron chi connectivity index (χ2n) is 6.65. The molecule has 4 rings (SSSR count). The Morgan fingerprint density at radius 2 is 2.00 bits per heavy atom. The fourth-order valence-corrected chi connectivity index (χ4v) is 3.54. The van der Waals surface area contributed by atoms with Gasteiger partial charge in [-0.3, -0.25) is 4.90 Å². The van der Waals surface area contributed by atoms with Crippen LogP contribution in [0, 0.1) is 4.77 Å². The average molecular weight is 382 g/mol. The van der Waals surface area contributed by atoms with E-state index in [1.807, 2.05) is 46.6 Å². The Morgan fingerprint density at radius 3 is 2.74 bits per heavy atom. The molecule has 0 aliphatic rings. The Labute approximate surface area is 162 Å². The Balaban J connectivity index is 1.60. The zero-order valence-corrected chi connectivity index (χ0v) is 16.5. The monoisotopic (exact) mass is 382 g/mol. The summed E-state index contributed by atoms with van der Waals surface area (Å²) in [4.78, 5) is 2.19. The molecule has 4 aromatic rings. The number of rotatable bonds is 6. The van der Waals surface area contributed by atoms with Crippen LogP contribution in [0.2, 0.25) is 0 Å². The van der Waals surface area contributed by atoms with Crippen molar-refractivity contribution in [1.29, 1.82) is 0 Å². The van der Waals surface area contributed by atoms with Crippen LogP contribution in [0.25, 0.3) is 22.6 Å². The summed E-state index contributed by atoms with van der Waals surface area (Å²) in [5.74, 6) is 2.46. The first-order chi connectivity index (χ1) is 13.1. The third-order valence-electron chi connectivity index (χ3n) is 4.69. The number of hydrogen-bond acceptors (Lipinski definition) is 5. The molecule has 0 fully saturated rings. The van der Waals surface area contributed by atoms with Crippen LogP contribution in [0.1, 0.15) is 18.2 Å². The molecule has 0 N–H and O–H groups in total. The van der Waals surface area contributed by atoms with Crippen LogP contribution in [-0.4, -0.2) is 26.3 Å². The van der Waals surface area contributed by atoms with Crippen molar-refractivity contribution < 1.29 is 8.83 Å². The van der Waals surface area contributed by atoms with Crippen LogP contribution in [0.5, 0.6) is 0 Å². The highest BCUT2D eigenvalue weighted by atomic mass is 32.1. The molecule has 0 saturated heterocycles. The lowest BCUT2D eigenvalue weighted by Crippen LogP contribution is -2.23. The molecule has 1 aromatic carbocycles. The fourth-order valence-electron chi connectivity index (χ4n) is 3.36. The summed E-state index contributed by atoms with van der Waals surface area (Å²) in [6, 6.07) is 11.9.